The molecule has 4 rings (SSSR count). The van der Waals surface area contributed by atoms with Gasteiger partial charge >= 0.3 is 0 Å². The van der Waals surface area contributed by atoms with Crippen LogP contribution in [0.3, 0.4) is 0 Å². The molecule has 0 unspecified atom stereocenters. The molecule has 0 saturated carbocycles. The summed E-state index contributed by atoms with van der Waals surface area (Å²) in [7, 11) is 0. The lowest BCUT2D eigenvalue weighted by atomic mass is 10.0. The predicted molar refractivity (Wildman–Crippen MR) is 117 cm³/mol. The third kappa shape index (κ3) is 3.83. The number of nitrogens with zero attached hydrogens (tertiary/aromatic N) is 4. The molecule has 29 heavy (non-hydrogen) atoms. The fourth-order valence-corrected chi connectivity index (χ4v) is 4.99. The number of thiazole rings is 1. The monoisotopic (exact) mass is 409 g/mol. The highest BCUT2D eigenvalue weighted by Crippen LogP contribution is 2.43. The summed E-state index contributed by atoms with van der Waals surface area (Å²) < 4.78 is 2.12. The number of hydrogen-bond acceptors (Lipinski definition) is 5. The number of aryl methyl sites for hydroxylation is 2. The van der Waals surface area contributed by atoms with Gasteiger partial charge in [-0.15, -0.1) is 0 Å². The molecular weight excluding hydrogens is 382 g/mol. The second-order valence-corrected chi connectivity index (χ2v) is 8.83. The van der Waals surface area contributed by atoms with E-state index < -0.39 is 0 Å². The van der Waals surface area contributed by atoms with Crippen molar-refractivity contribution in [1.29, 1.82) is 0 Å². The molecular formula is C22H27N5OS. The first-order chi connectivity index (χ1) is 14.0. The highest BCUT2D eigenvalue weighted by Gasteiger charge is 2.28. The Balaban J connectivity index is 1.84. The van der Waals surface area contributed by atoms with Gasteiger partial charge in [0.1, 0.15) is 0 Å². The molecule has 0 spiro atoms. The smallest absolute Gasteiger partial charge is 0.223 e. The minimum Gasteiger partial charge on any atom is -0.302 e. The lowest BCUT2D eigenvalue weighted by Crippen LogP contribution is -2.05. The quantitative estimate of drug-likeness (QED) is 0.640. The van der Waals surface area contributed by atoms with E-state index in [0.29, 0.717) is 5.13 Å². The lowest BCUT2D eigenvalue weighted by molar-refractivity contribution is -0.114. The molecule has 3 aromatic rings. The number of hydrogen-bond donors (Lipinski definition) is 1. The molecule has 1 aliphatic rings. The number of nitrogens with one attached hydrogen (secondary N) is 1. The zero-order chi connectivity index (χ0) is 20.5. The number of carbonyl (C=O) groups is 1. The summed E-state index contributed by atoms with van der Waals surface area (Å²) in [4.78, 5) is 22.0. The maximum absolute atomic E-state index is 11.5. The van der Waals surface area contributed by atoms with Gasteiger partial charge in [-0.2, -0.15) is 5.10 Å². The summed E-state index contributed by atoms with van der Waals surface area (Å²) in [6.45, 7) is 7.99. The number of pyridine rings is 1. The summed E-state index contributed by atoms with van der Waals surface area (Å²) in [5.41, 5.74) is 6.68. The van der Waals surface area contributed by atoms with Gasteiger partial charge in [0.15, 0.2) is 5.13 Å². The van der Waals surface area contributed by atoms with E-state index in [1.54, 1.807) is 11.3 Å². The number of aromatic nitrogens is 4. The van der Waals surface area contributed by atoms with Crippen LogP contribution < -0.4 is 5.32 Å². The van der Waals surface area contributed by atoms with Crippen molar-refractivity contribution in [2.24, 2.45) is 0 Å². The van der Waals surface area contributed by atoms with Crippen molar-refractivity contribution in [1.82, 2.24) is 19.7 Å². The summed E-state index contributed by atoms with van der Waals surface area (Å²) >= 11 is 1.55. The molecule has 1 N–H and O–H groups in total. The van der Waals surface area contributed by atoms with Crippen LogP contribution in [0.4, 0.5) is 5.13 Å². The third-order valence-electron chi connectivity index (χ3n) is 5.14. The van der Waals surface area contributed by atoms with Gasteiger partial charge < -0.3 is 5.32 Å². The molecule has 1 amide bonds. The minimum atomic E-state index is -0.0922. The van der Waals surface area contributed by atoms with Crippen LogP contribution in [0, 0.1) is 0 Å². The van der Waals surface area contributed by atoms with Crippen molar-refractivity contribution in [3.8, 4) is 21.8 Å². The Bertz CT molecular complexity index is 1030. The fourth-order valence-electron chi connectivity index (χ4n) is 3.86. The van der Waals surface area contributed by atoms with Gasteiger partial charge in [0.25, 0.3) is 0 Å². The Labute approximate surface area is 175 Å². The standard InChI is InChI=1S/C22H27N5OS/c1-5-7-16-11-10-15(12-23-16)19-17-8-6-9-18-21(20(17)27(26-19)13(2)3)29-22(25-18)24-14(4)28/h10-13H,5-9H2,1-4H3,(H,24,25,28). The Hall–Kier alpha value is -2.54. The Morgan fingerprint density at radius 3 is 2.79 bits per heavy atom. The van der Waals surface area contributed by atoms with Gasteiger partial charge in [0.2, 0.25) is 5.91 Å². The van der Waals surface area contributed by atoms with Gasteiger partial charge in [-0.3, -0.25) is 14.5 Å². The van der Waals surface area contributed by atoms with Crippen molar-refractivity contribution in [2.75, 3.05) is 5.32 Å². The number of fused-ring (bicyclic) bond motifs is 3. The first kappa shape index (κ1) is 19.8. The normalized spacial score (nSPS) is 13.1. The molecule has 0 aromatic carbocycles. The highest BCUT2D eigenvalue weighted by molar-refractivity contribution is 7.19. The molecule has 3 aromatic heterocycles. The van der Waals surface area contributed by atoms with Crippen LogP contribution in [0.1, 0.15) is 63.5 Å². The Kier molecular flexibility index (Phi) is 5.50. The first-order valence-electron chi connectivity index (χ1n) is 10.3. The molecule has 0 fully saturated rings. The molecule has 1 aliphatic carbocycles. The van der Waals surface area contributed by atoms with E-state index in [4.69, 9.17) is 10.1 Å². The second-order valence-electron chi connectivity index (χ2n) is 7.83. The zero-order valence-electron chi connectivity index (χ0n) is 17.5. The summed E-state index contributed by atoms with van der Waals surface area (Å²) in [5, 5.41) is 8.53. The molecule has 0 atom stereocenters. The molecule has 3 heterocycles. The Morgan fingerprint density at radius 2 is 2.14 bits per heavy atom. The van der Waals surface area contributed by atoms with E-state index in [2.05, 4.69) is 47.9 Å². The van der Waals surface area contributed by atoms with Crippen molar-refractivity contribution in [3.05, 3.63) is 35.3 Å². The molecule has 0 aliphatic heterocycles. The van der Waals surface area contributed by atoms with Gasteiger partial charge in [0, 0.05) is 36.0 Å². The minimum absolute atomic E-state index is 0.0922. The fraction of sp³-hybridized carbons (Fsp3) is 0.455. The SMILES string of the molecule is CCCc1ccc(-c2nn(C(C)C)c3c2CCCc2nc(NC(C)=O)sc2-3)cn1. The van der Waals surface area contributed by atoms with Gasteiger partial charge in [-0.25, -0.2) is 4.98 Å². The average molecular weight is 410 g/mol. The van der Waals surface area contributed by atoms with E-state index >= 15 is 0 Å². The van der Waals surface area contributed by atoms with Crippen LogP contribution in [0.2, 0.25) is 0 Å². The van der Waals surface area contributed by atoms with E-state index in [9.17, 15) is 4.79 Å². The van der Waals surface area contributed by atoms with Crippen LogP contribution in [0.5, 0.6) is 0 Å². The van der Waals surface area contributed by atoms with Crippen LogP contribution in [-0.2, 0) is 24.1 Å². The van der Waals surface area contributed by atoms with Crippen molar-refractivity contribution in [2.45, 2.75) is 65.8 Å². The number of rotatable bonds is 5. The summed E-state index contributed by atoms with van der Waals surface area (Å²) in [6, 6.07) is 4.48. The van der Waals surface area contributed by atoms with Crippen LogP contribution in [0.25, 0.3) is 21.8 Å². The average Bonchev–Trinajstić information content (AvgIpc) is 3.19. The predicted octanol–water partition coefficient (Wildman–Crippen LogP) is 5.05. The van der Waals surface area contributed by atoms with Crippen molar-refractivity contribution < 1.29 is 4.79 Å². The molecule has 0 bridgehead atoms. The van der Waals surface area contributed by atoms with E-state index in [1.807, 2.05) is 6.20 Å². The Morgan fingerprint density at radius 1 is 1.31 bits per heavy atom. The van der Waals surface area contributed by atoms with Crippen molar-refractivity contribution in [3.63, 3.8) is 0 Å². The maximum atomic E-state index is 11.5. The van der Waals surface area contributed by atoms with E-state index in [-0.39, 0.29) is 11.9 Å². The number of amides is 1. The van der Waals surface area contributed by atoms with E-state index in [0.717, 1.165) is 65.3 Å². The highest BCUT2D eigenvalue weighted by atomic mass is 32.1. The van der Waals surface area contributed by atoms with Gasteiger partial charge in [0.05, 0.1) is 22.0 Å². The topological polar surface area (TPSA) is 72.7 Å². The molecule has 152 valence electrons. The maximum Gasteiger partial charge on any atom is 0.223 e. The van der Waals surface area contributed by atoms with Crippen LogP contribution in [0.15, 0.2) is 18.3 Å². The molecule has 0 radical (unpaired) electrons. The number of anilines is 1. The summed E-state index contributed by atoms with van der Waals surface area (Å²) in [6.07, 6.45) is 6.93. The van der Waals surface area contributed by atoms with Gasteiger partial charge in [-0.05, 0) is 51.7 Å². The second kappa shape index (κ2) is 8.06. The molecule has 6 nitrogen and oxygen atoms in total. The summed E-state index contributed by atoms with van der Waals surface area (Å²) in [5.74, 6) is -0.0922. The van der Waals surface area contributed by atoms with Crippen LogP contribution in [-0.4, -0.2) is 25.7 Å². The van der Waals surface area contributed by atoms with Crippen molar-refractivity contribution >= 4 is 22.4 Å². The van der Waals surface area contributed by atoms with Gasteiger partial charge in [-0.1, -0.05) is 24.7 Å². The lowest BCUT2D eigenvalue weighted by Gasteiger charge is -2.10. The van der Waals surface area contributed by atoms with Crippen LogP contribution >= 0.6 is 11.3 Å². The third-order valence-corrected chi connectivity index (χ3v) is 6.16. The first-order valence-corrected chi connectivity index (χ1v) is 11.1. The zero-order valence-corrected chi connectivity index (χ0v) is 18.3. The molecule has 0 saturated heterocycles. The molecule has 7 heteroatoms. The van der Waals surface area contributed by atoms with E-state index in [1.165, 1.54) is 12.5 Å². The largest absolute Gasteiger partial charge is 0.302 e. The number of carbonyl (C=O) groups excluding carboxylic acids is 1.